The first-order valence-corrected chi connectivity index (χ1v) is 8.12. The Hall–Kier alpha value is -2.26. The maximum Gasteiger partial charge on any atom is 0.419 e. The van der Waals surface area contributed by atoms with Gasteiger partial charge in [-0.15, -0.1) is 0 Å². The number of hydrogen-bond acceptors (Lipinski definition) is 5. The van der Waals surface area contributed by atoms with Crippen molar-refractivity contribution in [3.05, 3.63) is 53.6 Å². The van der Waals surface area contributed by atoms with E-state index in [1.54, 1.807) is 18.5 Å². The zero-order valence-electron chi connectivity index (χ0n) is 13.7. The molecule has 9 heteroatoms. The standard InChI is InChI=1S/C17H18F4N4O/c18-13-3-2-11(8-12(13)17(19,20)21)9-25-7-4-14(15(26)10-25)24-16-22-5-1-6-23-16/h1-3,5-6,8,14-15,26H,4,7,9-10H2,(H,22,23,24)/t14-,15-/m1/s1. The average molecular weight is 370 g/mol. The summed E-state index contributed by atoms with van der Waals surface area (Å²) in [4.78, 5) is 9.93. The zero-order valence-corrected chi connectivity index (χ0v) is 13.7. The number of rotatable bonds is 4. The molecule has 0 spiro atoms. The fourth-order valence-corrected chi connectivity index (χ4v) is 2.99. The highest BCUT2D eigenvalue weighted by molar-refractivity contribution is 5.28. The van der Waals surface area contributed by atoms with Gasteiger partial charge >= 0.3 is 6.18 Å². The van der Waals surface area contributed by atoms with E-state index in [-0.39, 0.29) is 19.1 Å². The van der Waals surface area contributed by atoms with Crippen LogP contribution in [0.2, 0.25) is 0 Å². The number of aliphatic hydroxyl groups is 1. The smallest absolute Gasteiger partial charge is 0.390 e. The van der Waals surface area contributed by atoms with E-state index in [1.807, 2.05) is 4.90 Å². The number of anilines is 1. The van der Waals surface area contributed by atoms with Crippen molar-refractivity contribution in [3.63, 3.8) is 0 Å². The van der Waals surface area contributed by atoms with E-state index in [1.165, 1.54) is 6.07 Å². The molecule has 0 aliphatic carbocycles. The number of β-amino-alcohol motifs (C(OH)–C–C–N with tert-alkyl or cyclic N) is 1. The highest BCUT2D eigenvalue weighted by atomic mass is 19.4. The molecule has 0 bridgehead atoms. The summed E-state index contributed by atoms with van der Waals surface area (Å²) in [7, 11) is 0. The second kappa shape index (κ2) is 7.55. The number of hydrogen-bond donors (Lipinski definition) is 2. The third-order valence-electron chi connectivity index (χ3n) is 4.29. The van der Waals surface area contributed by atoms with Crippen LogP contribution < -0.4 is 5.32 Å². The van der Waals surface area contributed by atoms with E-state index in [9.17, 15) is 22.7 Å². The van der Waals surface area contributed by atoms with E-state index >= 15 is 0 Å². The molecule has 2 N–H and O–H groups in total. The van der Waals surface area contributed by atoms with Crippen LogP contribution in [0, 0.1) is 5.82 Å². The summed E-state index contributed by atoms with van der Waals surface area (Å²) in [6, 6.07) is 4.42. The van der Waals surface area contributed by atoms with Gasteiger partial charge in [0.25, 0.3) is 0 Å². The minimum atomic E-state index is -4.73. The average Bonchev–Trinajstić information content (AvgIpc) is 2.59. The third-order valence-corrected chi connectivity index (χ3v) is 4.29. The van der Waals surface area contributed by atoms with Crippen molar-refractivity contribution in [3.8, 4) is 0 Å². The Kier molecular flexibility index (Phi) is 5.38. The van der Waals surface area contributed by atoms with Crippen LogP contribution in [0.25, 0.3) is 0 Å². The van der Waals surface area contributed by atoms with Crippen LogP contribution in [-0.4, -0.2) is 45.2 Å². The summed E-state index contributed by atoms with van der Waals surface area (Å²) in [5.41, 5.74) is -0.919. The Morgan fingerprint density at radius 2 is 1.96 bits per heavy atom. The Morgan fingerprint density at radius 3 is 2.62 bits per heavy atom. The number of nitrogens with zero attached hydrogens (tertiary/aromatic N) is 3. The Labute approximate surface area is 147 Å². The van der Waals surface area contributed by atoms with E-state index in [4.69, 9.17) is 0 Å². The molecule has 26 heavy (non-hydrogen) atoms. The second-order valence-corrected chi connectivity index (χ2v) is 6.23. The third kappa shape index (κ3) is 4.47. The molecule has 1 saturated heterocycles. The van der Waals surface area contributed by atoms with Gasteiger partial charge in [-0.25, -0.2) is 14.4 Å². The van der Waals surface area contributed by atoms with Gasteiger partial charge in [-0.05, 0) is 30.2 Å². The van der Waals surface area contributed by atoms with Gasteiger partial charge in [0.05, 0.1) is 17.7 Å². The topological polar surface area (TPSA) is 61.3 Å². The van der Waals surface area contributed by atoms with Crippen LogP contribution in [0.1, 0.15) is 17.5 Å². The number of halogens is 4. The highest BCUT2D eigenvalue weighted by Crippen LogP contribution is 2.32. The predicted octanol–water partition coefficient (Wildman–Crippen LogP) is 2.68. The monoisotopic (exact) mass is 370 g/mol. The summed E-state index contributed by atoms with van der Waals surface area (Å²) < 4.78 is 51.8. The number of alkyl halides is 3. The molecule has 2 heterocycles. The molecule has 1 aromatic heterocycles. The minimum Gasteiger partial charge on any atom is -0.390 e. The number of likely N-dealkylation sites (tertiary alicyclic amines) is 1. The molecule has 1 fully saturated rings. The molecular formula is C17H18F4N4O. The van der Waals surface area contributed by atoms with Crippen LogP contribution in [-0.2, 0) is 12.7 Å². The molecule has 3 rings (SSSR count). The van der Waals surface area contributed by atoms with E-state index in [2.05, 4.69) is 15.3 Å². The zero-order chi connectivity index (χ0) is 18.7. The number of benzene rings is 1. The van der Waals surface area contributed by atoms with Crippen molar-refractivity contribution >= 4 is 5.95 Å². The van der Waals surface area contributed by atoms with Crippen molar-refractivity contribution < 1.29 is 22.7 Å². The minimum absolute atomic E-state index is 0.203. The highest BCUT2D eigenvalue weighted by Gasteiger charge is 2.34. The predicted molar refractivity (Wildman–Crippen MR) is 86.7 cm³/mol. The van der Waals surface area contributed by atoms with Crippen molar-refractivity contribution in [1.29, 1.82) is 0 Å². The van der Waals surface area contributed by atoms with Crippen molar-refractivity contribution in [1.82, 2.24) is 14.9 Å². The lowest BCUT2D eigenvalue weighted by molar-refractivity contribution is -0.140. The first-order chi connectivity index (χ1) is 12.3. The van der Waals surface area contributed by atoms with Gasteiger partial charge in [0.1, 0.15) is 5.82 Å². The Balaban J connectivity index is 1.61. The molecular weight excluding hydrogens is 352 g/mol. The van der Waals surface area contributed by atoms with E-state index in [0.717, 1.165) is 12.1 Å². The fourth-order valence-electron chi connectivity index (χ4n) is 2.99. The largest absolute Gasteiger partial charge is 0.419 e. The number of piperidine rings is 1. The van der Waals surface area contributed by atoms with Crippen molar-refractivity contribution in [2.24, 2.45) is 0 Å². The van der Waals surface area contributed by atoms with Crippen molar-refractivity contribution in [2.75, 3.05) is 18.4 Å². The maximum absolute atomic E-state index is 13.4. The second-order valence-electron chi connectivity index (χ2n) is 6.23. The van der Waals surface area contributed by atoms with Gasteiger partial charge in [-0.2, -0.15) is 13.2 Å². The van der Waals surface area contributed by atoms with Gasteiger partial charge in [0.2, 0.25) is 5.95 Å². The summed E-state index contributed by atoms with van der Waals surface area (Å²) in [5.74, 6) is -0.870. The van der Waals surface area contributed by atoms with Crippen LogP contribution in [0.3, 0.4) is 0 Å². The molecule has 1 aromatic carbocycles. The van der Waals surface area contributed by atoms with Gasteiger partial charge in [0, 0.05) is 32.0 Å². The lowest BCUT2D eigenvalue weighted by Crippen LogP contribution is -2.49. The molecule has 2 aromatic rings. The van der Waals surface area contributed by atoms with Gasteiger partial charge < -0.3 is 10.4 Å². The molecule has 5 nitrogen and oxygen atoms in total. The number of aromatic nitrogens is 2. The van der Waals surface area contributed by atoms with Crippen LogP contribution in [0.5, 0.6) is 0 Å². The molecule has 0 unspecified atom stereocenters. The van der Waals surface area contributed by atoms with Gasteiger partial charge in [0.15, 0.2) is 0 Å². The molecule has 0 radical (unpaired) electrons. The quantitative estimate of drug-likeness (QED) is 0.811. The normalized spacial score (nSPS) is 21.6. The summed E-state index contributed by atoms with van der Waals surface area (Å²) in [6.07, 6.45) is -1.71. The molecule has 1 aliphatic heterocycles. The first kappa shape index (κ1) is 18.5. The molecule has 1 aliphatic rings. The van der Waals surface area contributed by atoms with E-state index in [0.29, 0.717) is 24.5 Å². The fraction of sp³-hybridized carbons (Fsp3) is 0.412. The Bertz CT molecular complexity index is 741. The number of aliphatic hydroxyl groups excluding tert-OH is 1. The molecule has 0 saturated carbocycles. The number of nitrogens with one attached hydrogen (secondary N) is 1. The lowest BCUT2D eigenvalue weighted by Gasteiger charge is -2.36. The van der Waals surface area contributed by atoms with Crippen LogP contribution in [0.4, 0.5) is 23.5 Å². The lowest BCUT2D eigenvalue weighted by atomic mass is 10.0. The summed E-state index contributed by atoms with van der Waals surface area (Å²) in [5, 5.41) is 13.4. The van der Waals surface area contributed by atoms with Gasteiger partial charge in [-0.3, -0.25) is 4.90 Å². The maximum atomic E-state index is 13.4. The Morgan fingerprint density at radius 1 is 1.23 bits per heavy atom. The van der Waals surface area contributed by atoms with Crippen LogP contribution in [0.15, 0.2) is 36.7 Å². The van der Waals surface area contributed by atoms with Crippen LogP contribution >= 0.6 is 0 Å². The molecule has 2 atom stereocenters. The first-order valence-electron chi connectivity index (χ1n) is 8.12. The van der Waals surface area contributed by atoms with E-state index < -0.39 is 23.7 Å². The summed E-state index contributed by atoms with van der Waals surface area (Å²) in [6.45, 7) is 1.05. The van der Waals surface area contributed by atoms with Gasteiger partial charge in [-0.1, -0.05) is 6.07 Å². The summed E-state index contributed by atoms with van der Waals surface area (Å²) >= 11 is 0. The van der Waals surface area contributed by atoms with Crippen molar-refractivity contribution in [2.45, 2.75) is 31.3 Å². The molecule has 0 amide bonds. The SMILES string of the molecule is O[C@@H]1CN(Cc2ccc(F)c(C(F)(F)F)c2)CC[C@H]1Nc1ncccn1. The molecule has 140 valence electrons.